The summed E-state index contributed by atoms with van der Waals surface area (Å²) >= 11 is 0. The van der Waals surface area contributed by atoms with Gasteiger partial charge < -0.3 is 14.6 Å². The molecule has 0 aromatic carbocycles. The smallest absolute Gasteiger partial charge is 0.324 e. The number of urea groups is 1. The predicted molar refractivity (Wildman–Crippen MR) is 88.4 cm³/mol. The first kappa shape index (κ1) is 19.8. The minimum absolute atomic E-state index is 0.144. The molecule has 2 heterocycles. The quantitative estimate of drug-likeness (QED) is 0.565. The van der Waals surface area contributed by atoms with Crippen LogP contribution in [0.1, 0.15) is 19.2 Å². The molecule has 1 aromatic heterocycles. The summed E-state index contributed by atoms with van der Waals surface area (Å²) in [5.41, 5.74) is 0. The highest BCUT2D eigenvalue weighted by Crippen LogP contribution is 2.08. The minimum Gasteiger partial charge on any atom is -0.452 e. The highest BCUT2D eigenvalue weighted by atomic mass is 32.2. The zero-order valence-corrected chi connectivity index (χ0v) is 15.5. The Kier molecular flexibility index (Phi) is 5.97. The van der Waals surface area contributed by atoms with E-state index in [-0.39, 0.29) is 24.5 Å². The molecule has 26 heavy (non-hydrogen) atoms. The number of amides is 3. The van der Waals surface area contributed by atoms with E-state index < -0.39 is 34.0 Å². The molecule has 0 saturated carbocycles. The Balaban J connectivity index is 1.81. The highest BCUT2D eigenvalue weighted by molar-refractivity contribution is 7.89. The largest absolute Gasteiger partial charge is 0.452 e. The number of carbonyl (C=O) groups excluding carboxylic acids is 3. The molecule has 1 fully saturated rings. The number of rotatable bonds is 7. The first-order valence-corrected chi connectivity index (χ1v) is 9.38. The lowest BCUT2D eigenvalue weighted by Crippen LogP contribution is -2.42. The van der Waals surface area contributed by atoms with E-state index >= 15 is 0 Å². The molecule has 2 N–H and O–H groups in total. The summed E-state index contributed by atoms with van der Waals surface area (Å²) in [6.07, 6.45) is -0.0476. The monoisotopic (exact) mass is 387 g/mol. The third-order valence-electron chi connectivity index (χ3n) is 3.76. The third-order valence-corrected chi connectivity index (χ3v) is 5.09. The molecule has 0 spiro atoms. The van der Waals surface area contributed by atoms with E-state index in [1.807, 2.05) is 0 Å². The molecule has 1 aliphatic heterocycles. The summed E-state index contributed by atoms with van der Waals surface area (Å²) in [6, 6.07) is -0.531. The number of imidazole rings is 1. The zero-order valence-electron chi connectivity index (χ0n) is 14.7. The number of carbonyl (C=O) groups is 3. The van der Waals surface area contributed by atoms with Crippen LogP contribution in [0, 0.1) is 6.92 Å². The van der Waals surface area contributed by atoms with Crippen LogP contribution in [0.5, 0.6) is 0 Å². The number of hydrogen-bond acceptors (Lipinski definition) is 7. The minimum atomic E-state index is -3.84. The number of nitrogens with one attached hydrogen (secondary N) is 2. The maximum absolute atomic E-state index is 12.1. The predicted octanol–water partition coefficient (Wildman–Crippen LogP) is -1.12. The van der Waals surface area contributed by atoms with E-state index in [1.54, 1.807) is 18.5 Å². The van der Waals surface area contributed by atoms with Gasteiger partial charge in [-0.15, -0.1) is 0 Å². The molecule has 2 rings (SSSR count). The average molecular weight is 387 g/mol. The fraction of sp³-hybridized carbons (Fsp3) is 0.571. The van der Waals surface area contributed by atoms with Crippen LogP contribution >= 0.6 is 0 Å². The van der Waals surface area contributed by atoms with Gasteiger partial charge in [0.2, 0.25) is 0 Å². The lowest BCUT2D eigenvalue weighted by molar-refractivity contribution is -0.157. The van der Waals surface area contributed by atoms with Crippen molar-refractivity contribution in [1.29, 1.82) is 0 Å². The second kappa shape index (κ2) is 7.83. The molecule has 1 unspecified atom stereocenters. The lowest BCUT2D eigenvalue weighted by Gasteiger charge is -2.18. The van der Waals surface area contributed by atoms with E-state index in [4.69, 9.17) is 4.74 Å². The summed E-state index contributed by atoms with van der Waals surface area (Å²) in [5.74, 6) is -0.855. The Bertz CT molecular complexity index is 798. The van der Waals surface area contributed by atoms with Gasteiger partial charge in [-0.1, -0.05) is 0 Å². The molecule has 144 valence electrons. The van der Waals surface area contributed by atoms with Crippen molar-refractivity contribution < 1.29 is 27.5 Å². The van der Waals surface area contributed by atoms with Crippen molar-refractivity contribution in [3.63, 3.8) is 0 Å². The Morgan fingerprint density at radius 3 is 2.69 bits per heavy atom. The van der Waals surface area contributed by atoms with Gasteiger partial charge in [-0.25, -0.2) is 22.9 Å². The van der Waals surface area contributed by atoms with E-state index in [0.717, 1.165) is 4.90 Å². The van der Waals surface area contributed by atoms with Crippen molar-refractivity contribution in [1.82, 2.24) is 24.5 Å². The average Bonchev–Trinajstić information content (AvgIpc) is 3.13. The van der Waals surface area contributed by atoms with Crippen molar-refractivity contribution in [2.24, 2.45) is 7.05 Å². The topological polar surface area (TPSA) is 140 Å². The molecule has 11 nitrogen and oxygen atoms in total. The van der Waals surface area contributed by atoms with Crippen LogP contribution < -0.4 is 10.0 Å². The van der Waals surface area contributed by atoms with Crippen LogP contribution in [0.15, 0.2) is 11.2 Å². The van der Waals surface area contributed by atoms with Crippen LogP contribution in [0.4, 0.5) is 4.79 Å². The Morgan fingerprint density at radius 1 is 1.46 bits per heavy atom. The van der Waals surface area contributed by atoms with Gasteiger partial charge in [0.25, 0.3) is 15.9 Å². The number of aromatic nitrogens is 2. The lowest BCUT2D eigenvalue weighted by atomic mass is 10.3. The van der Waals surface area contributed by atoms with Crippen LogP contribution in [0.3, 0.4) is 0 Å². The maximum Gasteiger partial charge on any atom is 0.324 e. The second-order valence-electron chi connectivity index (χ2n) is 5.74. The summed E-state index contributed by atoms with van der Waals surface area (Å²) in [6.45, 7) is 3.37. The number of hydrogen-bond donors (Lipinski definition) is 2. The van der Waals surface area contributed by atoms with Gasteiger partial charge in [0, 0.05) is 32.9 Å². The molecule has 0 aliphatic carbocycles. The number of imide groups is 1. The molecule has 3 amide bonds. The Hall–Kier alpha value is -2.47. The number of esters is 1. The molecule has 1 atom stereocenters. The summed E-state index contributed by atoms with van der Waals surface area (Å²) < 4.78 is 32.9. The van der Waals surface area contributed by atoms with Crippen molar-refractivity contribution in [2.75, 3.05) is 19.6 Å². The Labute approximate surface area is 150 Å². The number of sulfonamides is 1. The summed E-state index contributed by atoms with van der Waals surface area (Å²) in [4.78, 5) is 40.1. The van der Waals surface area contributed by atoms with Crippen LogP contribution in [-0.2, 0) is 31.4 Å². The van der Waals surface area contributed by atoms with Gasteiger partial charge in [0.05, 0.1) is 6.42 Å². The van der Waals surface area contributed by atoms with Gasteiger partial charge in [0.1, 0.15) is 5.82 Å². The standard InChI is InChI=1S/C14H21N5O6S/c1-9(13(21)19-7-6-15-14(19)22)25-12(20)4-5-16-26(23,24)11-8-18(3)10(2)17-11/h8-9,16H,4-7H2,1-3H3,(H,15,22). The summed E-state index contributed by atoms with van der Waals surface area (Å²) in [7, 11) is -2.18. The van der Waals surface area contributed by atoms with Crippen molar-refractivity contribution in [3.8, 4) is 0 Å². The Morgan fingerprint density at radius 2 is 2.15 bits per heavy atom. The van der Waals surface area contributed by atoms with Crippen LogP contribution in [0.2, 0.25) is 0 Å². The molecule has 12 heteroatoms. The van der Waals surface area contributed by atoms with Gasteiger partial charge in [-0.05, 0) is 13.8 Å². The fourth-order valence-electron chi connectivity index (χ4n) is 2.23. The molecule has 1 saturated heterocycles. The second-order valence-corrected chi connectivity index (χ2v) is 7.45. The van der Waals surface area contributed by atoms with E-state index in [0.29, 0.717) is 12.4 Å². The number of ether oxygens (including phenoxy) is 1. The van der Waals surface area contributed by atoms with Crippen molar-refractivity contribution in [2.45, 2.75) is 31.4 Å². The zero-order chi connectivity index (χ0) is 19.5. The van der Waals surface area contributed by atoms with E-state index in [1.165, 1.54) is 13.1 Å². The normalized spacial score (nSPS) is 15.7. The van der Waals surface area contributed by atoms with E-state index in [2.05, 4.69) is 15.0 Å². The van der Waals surface area contributed by atoms with Crippen LogP contribution in [0.25, 0.3) is 0 Å². The molecule has 1 aliphatic rings. The SMILES string of the molecule is Cc1nc(S(=O)(=O)NCCC(=O)OC(C)C(=O)N2CCNC2=O)cn1C. The van der Waals surface area contributed by atoms with Gasteiger partial charge in [-0.2, -0.15) is 0 Å². The molecule has 0 radical (unpaired) electrons. The van der Waals surface area contributed by atoms with Crippen molar-refractivity contribution >= 4 is 27.9 Å². The van der Waals surface area contributed by atoms with Crippen LogP contribution in [-0.4, -0.2) is 66.5 Å². The van der Waals surface area contributed by atoms with Gasteiger partial charge in [0.15, 0.2) is 11.1 Å². The number of nitrogens with zero attached hydrogens (tertiary/aromatic N) is 3. The summed E-state index contributed by atoms with van der Waals surface area (Å²) in [5, 5.41) is 2.33. The maximum atomic E-state index is 12.1. The number of aryl methyl sites for hydroxylation is 2. The molecular weight excluding hydrogens is 366 g/mol. The first-order chi connectivity index (χ1) is 12.1. The van der Waals surface area contributed by atoms with E-state index in [9.17, 15) is 22.8 Å². The fourth-order valence-corrected chi connectivity index (χ4v) is 3.29. The molecule has 0 bridgehead atoms. The van der Waals surface area contributed by atoms with Gasteiger partial charge in [-0.3, -0.25) is 14.5 Å². The van der Waals surface area contributed by atoms with Gasteiger partial charge >= 0.3 is 12.0 Å². The third kappa shape index (κ3) is 4.58. The molecular formula is C14H21N5O6S. The molecule has 1 aromatic rings. The highest BCUT2D eigenvalue weighted by Gasteiger charge is 2.31. The first-order valence-electron chi connectivity index (χ1n) is 7.90. The van der Waals surface area contributed by atoms with Crippen molar-refractivity contribution in [3.05, 3.63) is 12.0 Å².